The van der Waals surface area contributed by atoms with Gasteiger partial charge in [-0.1, -0.05) is 42.5 Å². The van der Waals surface area contributed by atoms with Crippen LogP contribution in [0, 0.1) is 0 Å². The molecule has 7 heteroatoms. The number of para-hydroxylation sites is 1. The Labute approximate surface area is 153 Å². The number of hydrogen-bond acceptors (Lipinski definition) is 5. The first kappa shape index (κ1) is 18.5. The molecule has 2 aromatic carbocycles. The van der Waals surface area contributed by atoms with Crippen molar-refractivity contribution in [3.8, 4) is 16.9 Å². The normalized spacial score (nSPS) is 11.6. The molecule has 0 unspecified atom stereocenters. The van der Waals surface area contributed by atoms with E-state index in [1.54, 1.807) is 11.0 Å². The Bertz CT molecular complexity index is 869. The Morgan fingerprint density at radius 3 is 2.23 bits per heavy atom. The minimum Gasteiger partial charge on any atom is -0.309 e. The summed E-state index contributed by atoms with van der Waals surface area (Å²) in [5.74, 6) is 0. The quantitative estimate of drug-likeness (QED) is 0.537. The minimum absolute atomic E-state index is 0.256. The van der Waals surface area contributed by atoms with E-state index < -0.39 is 7.60 Å². The van der Waals surface area contributed by atoms with Crippen LogP contribution in [-0.2, 0) is 19.8 Å². The standard InChI is InChI=1S/C19H22N3O3P/c1-3-24-26(23,25-4-2)15-16-10-12-17(13-11-16)19-14-20-22(21-19)18-8-6-5-7-9-18/h5-14H,3-4,15H2,1-2H3. The first-order valence-electron chi connectivity index (χ1n) is 8.59. The van der Waals surface area contributed by atoms with Crippen molar-refractivity contribution in [2.75, 3.05) is 13.2 Å². The monoisotopic (exact) mass is 371 g/mol. The summed E-state index contributed by atoms with van der Waals surface area (Å²) in [4.78, 5) is 1.60. The zero-order chi connectivity index (χ0) is 18.4. The van der Waals surface area contributed by atoms with Crippen LogP contribution in [-0.4, -0.2) is 28.2 Å². The van der Waals surface area contributed by atoms with Crippen molar-refractivity contribution in [3.05, 3.63) is 66.4 Å². The molecular weight excluding hydrogens is 349 g/mol. The fraction of sp³-hybridized carbons (Fsp3) is 0.263. The van der Waals surface area contributed by atoms with Gasteiger partial charge in [-0.25, -0.2) is 0 Å². The highest BCUT2D eigenvalue weighted by atomic mass is 31.2. The van der Waals surface area contributed by atoms with Gasteiger partial charge in [0.25, 0.3) is 0 Å². The number of benzene rings is 2. The number of hydrogen-bond donors (Lipinski definition) is 0. The molecule has 0 atom stereocenters. The van der Waals surface area contributed by atoms with E-state index in [1.807, 2.05) is 68.4 Å². The van der Waals surface area contributed by atoms with Crippen LogP contribution < -0.4 is 0 Å². The third kappa shape index (κ3) is 4.47. The summed E-state index contributed by atoms with van der Waals surface area (Å²) >= 11 is 0. The van der Waals surface area contributed by atoms with Crippen molar-refractivity contribution in [3.63, 3.8) is 0 Å². The molecule has 0 radical (unpaired) electrons. The lowest BCUT2D eigenvalue weighted by atomic mass is 10.1. The maximum Gasteiger partial charge on any atom is 0.335 e. The molecule has 3 aromatic rings. The Kier molecular flexibility index (Phi) is 5.99. The number of nitrogens with zero attached hydrogens (tertiary/aromatic N) is 3. The van der Waals surface area contributed by atoms with Gasteiger partial charge in [0.15, 0.2) is 0 Å². The molecule has 1 heterocycles. The maximum absolute atomic E-state index is 12.6. The second kappa shape index (κ2) is 8.41. The maximum atomic E-state index is 12.6. The highest BCUT2D eigenvalue weighted by Crippen LogP contribution is 2.51. The second-order valence-corrected chi connectivity index (χ2v) is 7.71. The average Bonchev–Trinajstić information content (AvgIpc) is 3.13. The van der Waals surface area contributed by atoms with Crippen LogP contribution in [0.15, 0.2) is 60.8 Å². The molecule has 0 saturated heterocycles. The van der Waals surface area contributed by atoms with Crippen LogP contribution in [0.1, 0.15) is 19.4 Å². The molecule has 0 bridgehead atoms. The molecule has 0 fully saturated rings. The fourth-order valence-electron chi connectivity index (χ4n) is 2.61. The third-order valence-electron chi connectivity index (χ3n) is 3.76. The summed E-state index contributed by atoms with van der Waals surface area (Å²) in [7, 11) is -3.10. The summed E-state index contributed by atoms with van der Waals surface area (Å²) in [6.45, 7) is 4.34. The van der Waals surface area contributed by atoms with Crippen LogP contribution in [0.3, 0.4) is 0 Å². The van der Waals surface area contributed by atoms with E-state index in [0.29, 0.717) is 13.2 Å². The van der Waals surface area contributed by atoms with Crippen LogP contribution in [0.2, 0.25) is 0 Å². The van der Waals surface area contributed by atoms with Crippen LogP contribution in [0.25, 0.3) is 16.9 Å². The largest absolute Gasteiger partial charge is 0.335 e. The van der Waals surface area contributed by atoms with Gasteiger partial charge in [-0.2, -0.15) is 9.90 Å². The topological polar surface area (TPSA) is 66.2 Å². The van der Waals surface area contributed by atoms with Crippen molar-refractivity contribution in [1.29, 1.82) is 0 Å². The summed E-state index contributed by atoms with van der Waals surface area (Å²) in [6, 6.07) is 17.5. The van der Waals surface area contributed by atoms with Crippen molar-refractivity contribution in [2.45, 2.75) is 20.0 Å². The van der Waals surface area contributed by atoms with E-state index in [0.717, 1.165) is 22.5 Å². The first-order chi connectivity index (χ1) is 12.6. The highest BCUT2D eigenvalue weighted by Gasteiger charge is 2.23. The molecule has 136 valence electrons. The predicted molar refractivity (Wildman–Crippen MR) is 101 cm³/mol. The molecule has 0 spiro atoms. The number of aromatic nitrogens is 3. The van der Waals surface area contributed by atoms with Crippen LogP contribution in [0.5, 0.6) is 0 Å². The molecule has 26 heavy (non-hydrogen) atoms. The summed E-state index contributed by atoms with van der Waals surface area (Å²) in [5.41, 5.74) is 3.52. The molecule has 1 aromatic heterocycles. The van der Waals surface area contributed by atoms with E-state index in [-0.39, 0.29) is 6.16 Å². The molecule has 0 amide bonds. The highest BCUT2D eigenvalue weighted by molar-refractivity contribution is 7.53. The molecule has 3 rings (SSSR count). The summed E-state index contributed by atoms with van der Waals surface area (Å²) in [5, 5.41) is 8.83. The molecule has 0 aliphatic heterocycles. The van der Waals surface area contributed by atoms with E-state index in [2.05, 4.69) is 10.2 Å². The zero-order valence-electron chi connectivity index (χ0n) is 14.9. The van der Waals surface area contributed by atoms with Gasteiger partial charge in [0.2, 0.25) is 0 Å². The van der Waals surface area contributed by atoms with Gasteiger partial charge in [0.1, 0.15) is 5.69 Å². The molecule has 0 aliphatic carbocycles. The van der Waals surface area contributed by atoms with Gasteiger partial charge in [0, 0.05) is 5.56 Å². The van der Waals surface area contributed by atoms with Crippen molar-refractivity contribution >= 4 is 7.60 Å². The third-order valence-corrected chi connectivity index (χ3v) is 5.81. The predicted octanol–water partition coefficient (Wildman–Crippen LogP) is 4.70. The van der Waals surface area contributed by atoms with Gasteiger partial charge in [-0.15, -0.1) is 5.10 Å². The van der Waals surface area contributed by atoms with Gasteiger partial charge in [-0.05, 0) is 31.5 Å². The van der Waals surface area contributed by atoms with Crippen LogP contribution >= 0.6 is 7.60 Å². The summed E-state index contributed by atoms with van der Waals surface area (Å²) < 4.78 is 23.3. The Balaban J connectivity index is 1.76. The van der Waals surface area contributed by atoms with Gasteiger partial charge >= 0.3 is 7.60 Å². The van der Waals surface area contributed by atoms with E-state index >= 15 is 0 Å². The Hall–Kier alpha value is -2.27. The van der Waals surface area contributed by atoms with Gasteiger partial charge in [0.05, 0.1) is 31.3 Å². The molecular formula is C19H22N3O3P. The SMILES string of the molecule is CCOP(=O)(Cc1ccc(-c2cnn(-c3ccccc3)n2)cc1)OCC. The van der Waals surface area contributed by atoms with E-state index in [4.69, 9.17) is 9.05 Å². The molecule has 0 saturated carbocycles. The lowest BCUT2D eigenvalue weighted by Gasteiger charge is -2.17. The first-order valence-corrected chi connectivity index (χ1v) is 10.3. The molecule has 0 aliphatic rings. The Morgan fingerprint density at radius 2 is 1.62 bits per heavy atom. The lowest BCUT2D eigenvalue weighted by Crippen LogP contribution is -1.99. The molecule has 0 N–H and O–H groups in total. The minimum atomic E-state index is -3.10. The van der Waals surface area contributed by atoms with Crippen molar-refractivity contribution in [2.24, 2.45) is 0 Å². The number of rotatable bonds is 8. The Morgan fingerprint density at radius 1 is 0.962 bits per heavy atom. The fourth-order valence-corrected chi connectivity index (χ4v) is 4.31. The van der Waals surface area contributed by atoms with Crippen molar-refractivity contribution in [1.82, 2.24) is 15.0 Å². The van der Waals surface area contributed by atoms with Gasteiger partial charge in [-0.3, -0.25) is 4.57 Å². The smallest absolute Gasteiger partial charge is 0.309 e. The van der Waals surface area contributed by atoms with E-state index in [9.17, 15) is 4.57 Å². The molecule has 6 nitrogen and oxygen atoms in total. The zero-order valence-corrected chi connectivity index (χ0v) is 15.8. The average molecular weight is 371 g/mol. The van der Waals surface area contributed by atoms with Crippen LogP contribution in [0.4, 0.5) is 0 Å². The van der Waals surface area contributed by atoms with E-state index in [1.165, 1.54) is 0 Å². The van der Waals surface area contributed by atoms with Gasteiger partial charge < -0.3 is 9.05 Å². The summed E-state index contributed by atoms with van der Waals surface area (Å²) in [6.07, 6.45) is 1.99. The second-order valence-electron chi connectivity index (χ2n) is 5.66. The lowest BCUT2D eigenvalue weighted by molar-refractivity contribution is 0.219. The van der Waals surface area contributed by atoms with Crippen molar-refractivity contribution < 1.29 is 13.6 Å².